The summed E-state index contributed by atoms with van der Waals surface area (Å²) >= 11 is 0. The molecular formula is C15H22N2O2. The molecule has 1 aromatic rings. The number of methoxy groups -OCH3 is 1. The van der Waals surface area contributed by atoms with Crippen molar-refractivity contribution in [1.82, 2.24) is 9.80 Å². The van der Waals surface area contributed by atoms with Gasteiger partial charge in [-0.2, -0.15) is 0 Å². The van der Waals surface area contributed by atoms with Crippen molar-refractivity contribution >= 4 is 5.91 Å². The van der Waals surface area contributed by atoms with Crippen LogP contribution in [-0.4, -0.2) is 49.0 Å². The van der Waals surface area contributed by atoms with Crippen molar-refractivity contribution in [1.29, 1.82) is 0 Å². The maximum absolute atomic E-state index is 11.4. The van der Waals surface area contributed by atoms with Gasteiger partial charge in [-0.3, -0.25) is 9.69 Å². The second-order valence-corrected chi connectivity index (χ2v) is 4.99. The quantitative estimate of drug-likeness (QED) is 0.832. The Balaban J connectivity index is 1.93. The zero-order chi connectivity index (χ0) is 13.7. The van der Waals surface area contributed by atoms with Crippen molar-refractivity contribution in [2.24, 2.45) is 0 Å². The fourth-order valence-electron chi connectivity index (χ4n) is 2.47. The number of rotatable bonds is 3. The molecule has 0 aliphatic carbocycles. The van der Waals surface area contributed by atoms with Crippen LogP contribution in [0.2, 0.25) is 0 Å². The summed E-state index contributed by atoms with van der Waals surface area (Å²) < 4.78 is 5.25. The van der Waals surface area contributed by atoms with E-state index in [1.807, 2.05) is 17.0 Å². The molecule has 1 aromatic carbocycles. The van der Waals surface area contributed by atoms with Crippen LogP contribution in [-0.2, 0) is 11.3 Å². The Bertz CT molecular complexity index is 434. The van der Waals surface area contributed by atoms with E-state index in [-0.39, 0.29) is 5.91 Å². The molecule has 0 spiro atoms. The number of ether oxygens (including phenoxy) is 1. The van der Waals surface area contributed by atoms with Crippen LogP contribution in [0, 0.1) is 0 Å². The van der Waals surface area contributed by atoms with Crippen molar-refractivity contribution in [2.45, 2.75) is 19.9 Å². The van der Waals surface area contributed by atoms with Gasteiger partial charge in [-0.05, 0) is 24.1 Å². The lowest BCUT2D eigenvalue weighted by Crippen LogP contribution is -2.33. The van der Waals surface area contributed by atoms with E-state index in [0.29, 0.717) is 0 Å². The van der Waals surface area contributed by atoms with E-state index >= 15 is 0 Å². The average molecular weight is 262 g/mol. The fourth-order valence-corrected chi connectivity index (χ4v) is 2.47. The van der Waals surface area contributed by atoms with Gasteiger partial charge in [0, 0.05) is 39.6 Å². The summed E-state index contributed by atoms with van der Waals surface area (Å²) in [6.07, 6.45) is 1.05. The first-order valence-corrected chi connectivity index (χ1v) is 6.80. The predicted molar refractivity (Wildman–Crippen MR) is 75.1 cm³/mol. The Morgan fingerprint density at radius 2 is 2.11 bits per heavy atom. The van der Waals surface area contributed by atoms with Gasteiger partial charge >= 0.3 is 0 Å². The van der Waals surface area contributed by atoms with Crippen molar-refractivity contribution in [3.63, 3.8) is 0 Å². The lowest BCUT2D eigenvalue weighted by Gasteiger charge is -2.21. The lowest BCUT2D eigenvalue weighted by molar-refractivity contribution is -0.128. The van der Waals surface area contributed by atoms with Crippen molar-refractivity contribution in [2.75, 3.05) is 33.3 Å². The zero-order valence-electron chi connectivity index (χ0n) is 11.8. The van der Waals surface area contributed by atoms with Gasteiger partial charge in [-0.25, -0.2) is 0 Å². The van der Waals surface area contributed by atoms with Crippen LogP contribution >= 0.6 is 0 Å². The molecule has 2 rings (SSSR count). The molecule has 1 heterocycles. The van der Waals surface area contributed by atoms with Gasteiger partial charge in [0.2, 0.25) is 5.91 Å². The molecule has 1 fully saturated rings. The first-order chi connectivity index (χ1) is 9.19. The summed E-state index contributed by atoms with van der Waals surface area (Å²) in [4.78, 5) is 15.7. The topological polar surface area (TPSA) is 32.8 Å². The van der Waals surface area contributed by atoms with Crippen LogP contribution in [0.15, 0.2) is 24.3 Å². The van der Waals surface area contributed by atoms with Crippen LogP contribution in [0.5, 0.6) is 5.75 Å². The van der Waals surface area contributed by atoms with Crippen LogP contribution in [0.25, 0.3) is 0 Å². The Labute approximate surface area is 115 Å². The highest BCUT2D eigenvalue weighted by atomic mass is 16.5. The third-order valence-electron chi connectivity index (χ3n) is 3.57. The first-order valence-electron chi connectivity index (χ1n) is 6.80. The molecule has 0 radical (unpaired) electrons. The summed E-state index contributed by atoms with van der Waals surface area (Å²) in [5.41, 5.74) is 1.26. The molecule has 0 bridgehead atoms. The van der Waals surface area contributed by atoms with Gasteiger partial charge in [0.25, 0.3) is 0 Å². The third kappa shape index (κ3) is 3.96. The Morgan fingerprint density at radius 1 is 1.26 bits per heavy atom. The molecule has 0 atom stereocenters. The van der Waals surface area contributed by atoms with E-state index in [0.717, 1.165) is 44.9 Å². The molecule has 4 nitrogen and oxygen atoms in total. The molecule has 1 amide bonds. The minimum atomic E-state index is 0.184. The van der Waals surface area contributed by atoms with Crippen LogP contribution < -0.4 is 4.74 Å². The highest BCUT2D eigenvalue weighted by molar-refractivity contribution is 5.73. The van der Waals surface area contributed by atoms with Crippen molar-refractivity contribution < 1.29 is 9.53 Å². The summed E-state index contributed by atoms with van der Waals surface area (Å²) in [5.74, 6) is 1.08. The Hall–Kier alpha value is -1.55. The number of carbonyl (C=O) groups excluding carboxylic acids is 1. The van der Waals surface area contributed by atoms with Gasteiger partial charge < -0.3 is 9.64 Å². The maximum atomic E-state index is 11.4. The fraction of sp³-hybridized carbons (Fsp3) is 0.533. The number of amides is 1. The minimum Gasteiger partial charge on any atom is -0.497 e. The second kappa shape index (κ2) is 6.57. The molecule has 19 heavy (non-hydrogen) atoms. The van der Waals surface area contributed by atoms with E-state index < -0.39 is 0 Å². The average Bonchev–Trinajstić information content (AvgIpc) is 2.65. The number of hydrogen-bond acceptors (Lipinski definition) is 3. The molecule has 0 aromatic heterocycles. The van der Waals surface area contributed by atoms with E-state index in [1.165, 1.54) is 5.56 Å². The molecule has 0 unspecified atom stereocenters. The standard InChI is InChI=1S/C15H22N2O2/c1-13(18)17-8-4-7-16(9-10-17)12-14-5-3-6-15(11-14)19-2/h3,5-6,11H,4,7-10,12H2,1-2H3. The van der Waals surface area contributed by atoms with Gasteiger partial charge in [0.05, 0.1) is 7.11 Å². The molecule has 104 valence electrons. The molecule has 4 heteroatoms. The summed E-state index contributed by atoms with van der Waals surface area (Å²) in [6.45, 7) is 6.27. The smallest absolute Gasteiger partial charge is 0.219 e. The molecule has 0 saturated carbocycles. The summed E-state index contributed by atoms with van der Waals surface area (Å²) in [5, 5.41) is 0. The van der Waals surface area contributed by atoms with E-state index in [2.05, 4.69) is 17.0 Å². The third-order valence-corrected chi connectivity index (χ3v) is 3.57. The largest absolute Gasteiger partial charge is 0.497 e. The van der Waals surface area contributed by atoms with Crippen LogP contribution in [0.4, 0.5) is 0 Å². The highest BCUT2D eigenvalue weighted by Gasteiger charge is 2.16. The van der Waals surface area contributed by atoms with E-state index in [4.69, 9.17) is 4.74 Å². The van der Waals surface area contributed by atoms with Crippen molar-refractivity contribution in [3.8, 4) is 5.75 Å². The van der Waals surface area contributed by atoms with Crippen molar-refractivity contribution in [3.05, 3.63) is 29.8 Å². The summed E-state index contributed by atoms with van der Waals surface area (Å²) in [6, 6.07) is 8.18. The number of benzene rings is 1. The predicted octanol–water partition coefficient (Wildman–Crippen LogP) is 1.75. The van der Waals surface area contributed by atoms with E-state index in [9.17, 15) is 4.79 Å². The van der Waals surface area contributed by atoms with E-state index in [1.54, 1.807) is 14.0 Å². The number of hydrogen-bond donors (Lipinski definition) is 0. The summed E-state index contributed by atoms with van der Waals surface area (Å²) in [7, 11) is 1.69. The number of carbonyl (C=O) groups is 1. The van der Waals surface area contributed by atoms with Crippen LogP contribution in [0.1, 0.15) is 18.9 Å². The Morgan fingerprint density at radius 3 is 2.84 bits per heavy atom. The molecular weight excluding hydrogens is 240 g/mol. The highest BCUT2D eigenvalue weighted by Crippen LogP contribution is 2.15. The van der Waals surface area contributed by atoms with Crippen LogP contribution in [0.3, 0.4) is 0 Å². The van der Waals surface area contributed by atoms with Gasteiger partial charge in [-0.1, -0.05) is 12.1 Å². The normalized spacial score (nSPS) is 17.1. The minimum absolute atomic E-state index is 0.184. The van der Waals surface area contributed by atoms with Gasteiger partial charge in [0.1, 0.15) is 5.75 Å². The Kier molecular flexibility index (Phi) is 4.80. The van der Waals surface area contributed by atoms with Gasteiger partial charge in [0.15, 0.2) is 0 Å². The first kappa shape index (κ1) is 13.9. The lowest BCUT2D eigenvalue weighted by atomic mass is 10.2. The molecule has 0 N–H and O–H groups in total. The maximum Gasteiger partial charge on any atom is 0.219 e. The van der Waals surface area contributed by atoms with Gasteiger partial charge in [-0.15, -0.1) is 0 Å². The molecule has 1 saturated heterocycles. The SMILES string of the molecule is COc1cccc(CN2CCCN(C(C)=O)CC2)c1. The monoisotopic (exact) mass is 262 g/mol. The zero-order valence-corrected chi connectivity index (χ0v) is 11.8. The molecule has 1 aliphatic heterocycles. The number of nitrogens with zero attached hydrogens (tertiary/aromatic N) is 2. The molecule has 1 aliphatic rings. The second-order valence-electron chi connectivity index (χ2n) is 4.99.